The first-order valence-corrected chi connectivity index (χ1v) is 6.08. The van der Waals surface area contributed by atoms with Gasteiger partial charge in [-0.25, -0.2) is 4.79 Å². The lowest BCUT2D eigenvalue weighted by atomic mass is 9.94. The molecule has 106 valence electrons. The topological polar surface area (TPSA) is 87.7 Å². The molecule has 0 saturated carbocycles. The third-order valence-corrected chi connectivity index (χ3v) is 2.25. The Morgan fingerprint density at radius 3 is 2.39 bits per heavy atom. The van der Waals surface area contributed by atoms with Crippen LogP contribution in [-0.2, 0) is 9.53 Å². The van der Waals surface area contributed by atoms with Crippen molar-refractivity contribution in [3.8, 4) is 0 Å². The first-order valence-electron chi connectivity index (χ1n) is 6.08. The van der Waals surface area contributed by atoms with Gasteiger partial charge in [0.2, 0.25) is 0 Å². The molecule has 3 N–H and O–H groups in total. The molecule has 18 heavy (non-hydrogen) atoms. The zero-order valence-corrected chi connectivity index (χ0v) is 11.6. The van der Waals surface area contributed by atoms with E-state index in [1.54, 1.807) is 13.8 Å². The van der Waals surface area contributed by atoms with Gasteiger partial charge in [0.25, 0.3) is 0 Å². The van der Waals surface area contributed by atoms with E-state index in [-0.39, 0.29) is 12.6 Å². The van der Waals surface area contributed by atoms with Crippen molar-refractivity contribution in [1.29, 1.82) is 0 Å². The van der Waals surface area contributed by atoms with Crippen molar-refractivity contribution < 1.29 is 19.4 Å². The van der Waals surface area contributed by atoms with E-state index in [0.717, 1.165) is 0 Å². The summed E-state index contributed by atoms with van der Waals surface area (Å²) in [5.74, 6) is -0.474. The minimum absolute atomic E-state index is 0.0843. The van der Waals surface area contributed by atoms with Crippen molar-refractivity contribution in [2.75, 3.05) is 26.3 Å². The van der Waals surface area contributed by atoms with Gasteiger partial charge >= 0.3 is 12.0 Å². The fourth-order valence-corrected chi connectivity index (χ4v) is 0.995. The Morgan fingerprint density at radius 1 is 1.28 bits per heavy atom. The average Bonchev–Trinajstić information content (AvgIpc) is 2.25. The normalized spacial score (nSPS) is 11.4. The summed E-state index contributed by atoms with van der Waals surface area (Å²) in [7, 11) is 0. The van der Waals surface area contributed by atoms with Crippen molar-refractivity contribution in [3.05, 3.63) is 0 Å². The number of nitrogens with one attached hydrogen (secondary N) is 2. The zero-order chi connectivity index (χ0) is 14.2. The molecule has 0 spiro atoms. The quantitative estimate of drug-likeness (QED) is 0.570. The minimum atomic E-state index is -0.967. The number of rotatable bonds is 8. The molecule has 0 fully saturated rings. The van der Waals surface area contributed by atoms with Gasteiger partial charge < -0.3 is 20.5 Å². The van der Waals surface area contributed by atoms with Gasteiger partial charge in [0.1, 0.15) is 0 Å². The summed E-state index contributed by atoms with van der Waals surface area (Å²) in [5.41, 5.74) is -0.967. The number of hydrogen-bond acceptors (Lipinski definition) is 3. The maximum Gasteiger partial charge on any atom is 0.314 e. The van der Waals surface area contributed by atoms with Gasteiger partial charge in [-0.15, -0.1) is 0 Å². The average molecular weight is 260 g/mol. The fourth-order valence-electron chi connectivity index (χ4n) is 0.995. The number of amides is 2. The second-order valence-electron chi connectivity index (χ2n) is 5.27. The molecule has 0 aromatic heterocycles. The number of aliphatic carboxylic acids is 1. The summed E-state index contributed by atoms with van der Waals surface area (Å²) in [6.45, 7) is 8.82. The van der Waals surface area contributed by atoms with Crippen molar-refractivity contribution >= 4 is 12.0 Å². The maximum absolute atomic E-state index is 11.3. The van der Waals surface area contributed by atoms with Gasteiger partial charge in [-0.1, -0.05) is 13.8 Å². The summed E-state index contributed by atoms with van der Waals surface area (Å²) in [5, 5.41) is 14.0. The molecule has 0 aromatic carbocycles. The molecule has 6 heteroatoms. The molecule has 0 heterocycles. The van der Waals surface area contributed by atoms with E-state index in [2.05, 4.69) is 10.6 Å². The summed E-state index contributed by atoms with van der Waals surface area (Å²) >= 11 is 0. The lowest BCUT2D eigenvalue weighted by Gasteiger charge is -2.19. The standard InChI is InChI=1S/C12H24N2O4/c1-9(2)7-18-6-5-13-11(17)14-8-12(3,4)10(15)16/h9H,5-8H2,1-4H3,(H,15,16)(H2,13,14,17). The third kappa shape index (κ3) is 7.89. The Hall–Kier alpha value is -1.30. The van der Waals surface area contributed by atoms with E-state index < -0.39 is 11.4 Å². The molecule has 0 bridgehead atoms. The molecule has 2 amide bonds. The van der Waals surface area contributed by atoms with Crippen molar-refractivity contribution in [3.63, 3.8) is 0 Å². The number of carbonyl (C=O) groups is 2. The smallest absolute Gasteiger partial charge is 0.314 e. The van der Waals surface area contributed by atoms with Crippen LogP contribution in [0.15, 0.2) is 0 Å². The largest absolute Gasteiger partial charge is 0.481 e. The predicted molar refractivity (Wildman–Crippen MR) is 68.5 cm³/mol. The van der Waals surface area contributed by atoms with Crippen LogP contribution < -0.4 is 10.6 Å². The van der Waals surface area contributed by atoms with E-state index in [4.69, 9.17) is 9.84 Å². The Kier molecular flexibility index (Phi) is 7.35. The SMILES string of the molecule is CC(C)COCCNC(=O)NCC(C)(C)C(=O)O. The third-order valence-electron chi connectivity index (χ3n) is 2.25. The molecule has 0 aliphatic heterocycles. The van der Waals surface area contributed by atoms with Crippen molar-refractivity contribution in [2.45, 2.75) is 27.7 Å². The molecule has 0 atom stereocenters. The Bertz CT molecular complexity index is 277. The van der Waals surface area contributed by atoms with E-state index >= 15 is 0 Å². The Labute approximate surface area is 108 Å². The van der Waals surface area contributed by atoms with Crippen LogP contribution in [0.2, 0.25) is 0 Å². The van der Waals surface area contributed by atoms with Crippen LogP contribution in [0.3, 0.4) is 0 Å². The summed E-state index contributed by atoms with van der Waals surface area (Å²) < 4.78 is 5.29. The number of carboxylic acid groups (broad SMARTS) is 1. The van der Waals surface area contributed by atoms with Gasteiger partial charge in [-0.3, -0.25) is 4.79 Å². The maximum atomic E-state index is 11.3. The highest BCUT2D eigenvalue weighted by molar-refractivity contribution is 5.77. The Morgan fingerprint density at radius 2 is 1.89 bits per heavy atom. The van der Waals surface area contributed by atoms with Crippen LogP contribution in [0.5, 0.6) is 0 Å². The summed E-state index contributed by atoms with van der Waals surface area (Å²) in [6, 6.07) is -0.377. The Balaban J connectivity index is 3.64. The van der Waals surface area contributed by atoms with E-state index in [0.29, 0.717) is 25.7 Å². The van der Waals surface area contributed by atoms with Crippen LogP contribution in [0.4, 0.5) is 4.79 Å². The molecule has 0 radical (unpaired) electrons. The molecule has 0 unspecified atom stereocenters. The summed E-state index contributed by atoms with van der Waals surface area (Å²) in [6.07, 6.45) is 0. The second kappa shape index (κ2) is 7.92. The molecule has 6 nitrogen and oxygen atoms in total. The lowest BCUT2D eigenvalue weighted by molar-refractivity contribution is -0.146. The van der Waals surface area contributed by atoms with E-state index in [9.17, 15) is 9.59 Å². The van der Waals surface area contributed by atoms with Crippen LogP contribution in [0, 0.1) is 11.3 Å². The van der Waals surface area contributed by atoms with Crippen molar-refractivity contribution in [2.24, 2.45) is 11.3 Å². The van der Waals surface area contributed by atoms with Gasteiger partial charge in [-0.2, -0.15) is 0 Å². The number of ether oxygens (including phenoxy) is 1. The van der Waals surface area contributed by atoms with Crippen LogP contribution in [0.1, 0.15) is 27.7 Å². The van der Waals surface area contributed by atoms with Gasteiger partial charge in [0, 0.05) is 19.7 Å². The van der Waals surface area contributed by atoms with E-state index in [1.807, 2.05) is 13.8 Å². The minimum Gasteiger partial charge on any atom is -0.481 e. The lowest BCUT2D eigenvalue weighted by Crippen LogP contribution is -2.44. The molecule has 0 aliphatic rings. The van der Waals surface area contributed by atoms with Gasteiger partial charge in [-0.05, 0) is 19.8 Å². The number of carboxylic acids is 1. The van der Waals surface area contributed by atoms with Crippen LogP contribution >= 0.6 is 0 Å². The first-order chi connectivity index (χ1) is 8.25. The number of hydrogen-bond donors (Lipinski definition) is 3. The fraction of sp³-hybridized carbons (Fsp3) is 0.833. The van der Waals surface area contributed by atoms with Crippen LogP contribution in [-0.4, -0.2) is 43.4 Å². The molecular weight excluding hydrogens is 236 g/mol. The first kappa shape index (κ1) is 16.7. The number of urea groups is 1. The van der Waals surface area contributed by atoms with E-state index in [1.165, 1.54) is 0 Å². The molecule has 0 aromatic rings. The molecular formula is C12H24N2O4. The molecule has 0 rings (SSSR count). The highest BCUT2D eigenvalue weighted by Crippen LogP contribution is 2.12. The summed E-state index contributed by atoms with van der Waals surface area (Å²) in [4.78, 5) is 22.1. The highest BCUT2D eigenvalue weighted by Gasteiger charge is 2.27. The van der Waals surface area contributed by atoms with Gasteiger partial charge in [0.15, 0.2) is 0 Å². The van der Waals surface area contributed by atoms with Crippen molar-refractivity contribution in [1.82, 2.24) is 10.6 Å². The van der Waals surface area contributed by atoms with Crippen LogP contribution in [0.25, 0.3) is 0 Å². The predicted octanol–water partition coefficient (Wildman–Crippen LogP) is 1.07. The zero-order valence-electron chi connectivity index (χ0n) is 11.6. The van der Waals surface area contributed by atoms with Gasteiger partial charge in [0.05, 0.1) is 12.0 Å². The monoisotopic (exact) mass is 260 g/mol. The molecule has 0 saturated heterocycles. The highest BCUT2D eigenvalue weighted by atomic mass is 16.5. The molecule has 0 aliphatic carbocycles. The number of carbonyl (C=O) groups excluding carboxylic acids is 1. The second-order valence-corrected chi connectivity index (χ2v) is 5.27.